The number of Topliss-reactive ketones (excluding diaryl/α,β-unsaturated/α-hetero) is 1. The summed E-state index contributed by atoms with van der Waals surface area (Å²) in [6.07, 6.45) is 0. The lowest BCUT2D eigenvalue weighted by Crippen LogP contribution is -2.31. The summed E-state index contributed by atoms with van der Waals surface area (Å²) in [7, 11) is 1.58. The number of hydrogen-bond donors (Lipinski definition) is 0. The Morgan fingerprint density at radius 2 is 1.71 bits per heavy atom. The molecule has 0 unspecified atom stereocenters. The van der Waals surface area contributed by atoms with Crippen LogP contribution in [0.3, 0.4) is 0 Å². The van der Waals surface area contributed by atoms with E-state index in [-0.39, 0.29) is 0 Å². The molecule has 0 aliphatic rings. The van der Waals surface area contributed by atoms with Crippen LogP contribution in [0.2, 0.25) is 0 Å². The van der Waals surface area contributed by atoms with E-state index in [1.54, 1.807) is 19.2 Å². The molecule has 0 spiro atoms. The monoisotopic (exact) mass is 255 g/mol. The molecule has 0 atom stereocenters. The molecule has 14 heavy (non-hydrogen) atoms. The number of rotatable bonds is 2. The van der Waals surface area contributed by atoms with Crippen molar-refractivity contribution in [1.29, 1.82) is 0 Å². The number of halogens is 1. The molecule has 0 heterocycles. The number of carbonyl (C=O) groups excluding carboxylic acids is 2. The van der Waals surface area contributed by atoms with Crippen molar-refractivity contribution in [2.75, 3.05) is 11.9 Å². The first kappa shape index (κ1) is 10.9. The molecule has 1 rings (SSSR count). The van der Waals surface area contributed by atoms with Crippen LogP contribution in [0.4, 0.5) is 5.69 Å². The van der Waals surface area contributed by atoms with Gasteiger partial charge in [0.2, 0.25) is 5.78 Å². The number of nitrogens with zero attached hydrogens (tertiary/aromatic N) is 1. The smallest absolute Gasteiger partial charge is 0.293 e. The molecule has 0 bridgehead atoms. The number of amides is 1. The molecule has 0 saturated heterocycles. The van der Waals surface area contributed by atoms with Crippen LogP contribution in [0.1, 0.15) is 6.92 Å². The van der Waals surface area contributed by atoms with E-state index in [4.69, 9.17) is 0 Å². The summed E-state index contributed by atoms with van der Waals surface area (Å²) in [6, 6.07) is 7.17. The average molecular weight is 256 g/mol. The quantitative estimate of drug-likeness (QED) is 0.759. The largest absolute Gasteiger partial charge is 0.309 e. The van der Waals surface area contributed by atoms with Crippen molar-refractivity contribution in [3.63, 3.8) is 0 Å². The minimum Gasteiger partial charge on any atom is -0.309 e. The molecule has 0 N–H and O–H groups in total. The van der Waals surface area contributed by atoms with Crippen LogP contribution in [0.5, 0.6) is 0 Å². The molecule has 1 aromatic carbocycles. The van der Waals surface area contributed by atoms with Gasteiger partial charge >= 0.3 is 0 Å². The Hall–Kier alpha value is -1.16. The summed E-state index contributed by atoms with van der Waals surface area (Å²) in [6.45, 7) is 1.26. The topological polar surface area (TPSA) is 37.4 Å². The van der Waals surface area contributed by atoms with Crippen LogP contribution < -0.4 is 4.90 Å². The first-order valence-corrected chi connectivity index (χ1v) is 4.86. The minimum absolute atomic E-state index is 0.463. The first-order chi connectivity index (χ1) is 6.52. The second kappa shape index (κ2) is 4.37. The Labute approximate surface area is 90.8 Å². The highest BCUT2D eigenvalue weighted by Crippen LogP contribution is 2.17. The van der Waals surface area contributed by atoms with E-state index >= 15 is 0 Å². The first-order valence-electron chi connectivity index (χ1n) is 4.06. The van der Waals surface area contributed by atoms with E-state index in [2.05, 4.69) is 15.9 Å². The summed E-state index contributed by atoms with van der Waals surface area (Å²) in [4.78, 5) is 23.4. The molecule has 1 amide bonds. The van der Waals surface area contributed by atoms with Crippen molar-refractivity contribution in [2.24, 2.45) is 0 Å². The van der Waals surface area contributed by atoms with Gasteiger partial charge in [-0.25, -0.2) is 0 Å². The summed E-state index contributed by atoms with van der Waals surface area (Å²) in [5.41, 5.74) is 0.702. The number of ketones is 1. The van der Waals surface area contributed by atoms with Crippen molar-refractivity contribution in [1.82, 2.24) is 0 Å². The highest BCUT2D eigenvalue weighted by atomic mass is 79.9. The molecule has 4 heteroatoms. The van der Waals surface area contributed by atoms with E-state index in [0.29, 0.717) is 5.69 Å². The zero-order valence-corrected chi connectivity index (χ0v) is 9.54. The number of carbonyl (C=O) groups is 2. The minimum atomic E-state index is -0.507. The van der Waals surface area contributed by atoms with Gasteiger partial charge in [0, 0.05) is 24.1 Å². The van der Waals surface area contributed by atoms with E-state index in [1.807, 2.05) is 12.1 Å². The lowest BCUT2D eigenvalue weighted by Gasteiger charge is -2.15. The van der Waals surface area contributed by atoms with Gasteiger partial charge in [-0.3, -0.25) is 9.59 Å². The van der Waals surface area contributed by atoms with E-state index in [9.17, 15) is 9.59 Å². The highest BCUT2D eigenvalue weighted by Gasteiger charge is 2.14. The van der Waals surface area contributed by atoms with Gasteiger partial charge in [-0.1, -0.05) is 15.9 Å². The van der Waals surface area contributed by atoms with Crippen molar-refractivity contribution in [3.8, 4) is 0 Å². The summed E-state index contributed by atoms with van der Waals surface area (Å²) >= 11 is 3.29. The van der Waals surface area contributed by atoms with Gasteiger partial charge in [0.25, 0.3) is 5.91 Å². The fourth-order valence-corrected chi connectivity index (χ4v) is 1.28. The Balaban J connectivity index is 2.89. The summed E-state index contributed by atoms with van der Waals surface area (Å²) in [5, 5.41) is 0. The van der Waals surface area contributed by atoms with Crippen LogP contribution in [0, 0.1) is 0 Å². The van der Waals surface area contributed by atoms with Gasteiger partial charge < -0.3 is 4.90 Å². The fraction of sp³-hybridized carbons (Fsp3) is 0.200. The zero-order valence-electron chi connectivity index (χ0n) is 7.95. The van der Waals surface area contributed by atoms with Gasteiger partial charge in [-0.2, -0.15) is 0 Å². The molecule has 1 aromatic rings. The molecule has 0 fully saturated rings. The number of anilines is 1. The van der Waals surface area contributed by atoms with Crippen LogP contribution in [0.15, 0.2) is 28.7 Å². The predicted molar refractivity (Wildman–Crippen MR) is 58.2 cm³/mol. The third-order valence-electron chi connectivity index (χ3n) is 1.82. The fourth-order valence-electron chi connectivity index (χ4n) is 1.02. The second-order valence-corrected chi connectivity index (χ2v) is 3.81. The molecular formula is C10H10BrNO2. The van der Waals surface area contributed by atoms with Crippen LogP contribution in [-0.2, 0) is 9.59 Å². The van der Waals surface area contributed by atoms with Crippen molar-refractivity contribution >= 4 is 33.3 Å². The van der Waals surface area contributed by atoms with E-state index in [0.717, 1.165) is 4.47 Å². The lowest BCUT2D eigenvalue weighted by atomic mass is 10.3. The van der Waals surface area contributed by atoms with Gasteiger partial charge in [0.05, 0.1) is 0 Å². The molecule has 0 aliphatic heterocycles. The van der Waals surface area contributed by atoms with Gasteiger partial charge in [0.1, 0.15) is 0 Å². The maximum atomic E-state index is 11.3. The van der Waals surface area contributed by atoms with E-state index < -0.39 is 11.7 Å². The molecule has 0 aliphatic carbocycles. The standard InChI is InChI=1S/C10H10BrNO2/c1-7(13)10(14)12(2)9-5-3-8(11)4-6-9/h3-6H,1-2H3. The van der Waals surface area contributed by atoms with Crippen LogP contribution in [-0.4, -0.2) is 18.7 Å². The molecule has 0 aromatic heterocycles. The predicted octanol–water partition coefficient (Wildman–Crippen LogP) is 2.00. The average Bonchev–Trinajstić information content (AvgIpc) is 2.16. The summed E-state index contributed by atoms with van der Waals surface area (Å²) < 4.78 is 0.935. The molecular weight excluding hydrogens is 246 g/mol. The maximum absolute atomic E-state index is 11.3. The Kier molecular flexibility index (Phi) is 3.41. The molecule has 3 nitrogen and oxygen atoms in total. The van der Waals surface area contributed by atoms with Crippen molar-refractivity contribution in [3.05, 3.63) is 28.7 Å². The number of likely N-dealkylation sites (N-methyl/N-ethyl adjacent to an activating group) is 1. The molecule has 74 valence electrons. The Morgan fingerprint density at radius 1 is 1.21 bits per heavy atom. The summed E-state index contributed by atoms with van der Waals surface area (Å²) in [5.74, 6) is -0.970. The number of benzene rings is 1. The normalized spacial score (nSPS) is 9.64. The van der Waals surface area contributed by atoms with Crippen LogP contribution >= 0.6 is 15.9 Å². The van der Waals surface area contributed by atoms with Crippen molar-refractivity contribution in [2.45, 2.75) is 6.92 Å². The maximum Gasteiger partial charge on any atom is 0.293 e. The number of hydrogen-bond acceptors (Lipinski definition) is 2. The SMILES string of the molecule is CC(=O)C(=O)N(C)c1ccc(Br)cc1. The lowest BCUT2D eigenvalue weighted by molar-refractivity contribution is -0.134. The van der Waals surface area contributed by atoms with Gasteiger partial charge in [-0.05, 0) is 24.3 Å². The highest BCUT2D eigenvalue weighted by molar-refractivity contribution is 9.10. The molecule has 0 radical (unpaired) electrons. The van der Waals surface area contributed by atoms with Gasteiger partial charge in [0.15, 0.2) is 0 Å². The zero-order chi connectivity index (χ0) is 10.7. The van der Waals surface area contributed by atoms with E-state index in [1.165, 1.54) is 11.8 Å². The van der Waals surface area contributed by atoms with Crippen molar-refractivity contribution < 1.29 is 9.59 Å². The Bertz CT molecular complexity index is 359. The third kappa shape index (κ3) is 2.42. The Morgan fingerprint density at radius 3 is 2.14 bits per heavy atom. The third-order valence-corrected chi connectivity index (χ3v) is 2.35. The second-order valence-electron chi connectivity index (χ2n) is 2.90. The van der Waals surface area contributed by atoms with Crippen LogP contribution in [0.25, 0.3) is 0 Å². The molecule has 0 saturated carbocycles. The van der Waals surface area contributed by atoms with Gasteiger partial charge in [-0.15, -0.1) is 0 Å².